The first kappa shape index (κ1) is 14.6. The minimum absolute atomic E-state index is 0.0632. The van der Waals surface area contributed by atoms with E-state index in [1.165, 1.54) is 0 Å². The van der Waals surface area contributed by atoms with E-state index in [1.54, 1.807) is 37.3 Å². The molecule has 0 aliphatic heterocycles. The first-order chi connectivity index (χ1) is 10.6. The van der Waals surface area contributed by atoms with Crippen molar-refractivity contribution in [3.8, 4) is 5.75 Å². The lowest BCUT2D eigenvalue weighted by Gasteiger charge is -2.07. The summed E-state index contributed by atoms with van der Waals surface area (Å²) in [7, 11) is 0. The Morgan fingerprint density at radius 2 is 2.18 bits per heavy atom. The summed E-state index contributed by atoms with van der Waals surface area (Å²) in [6.45, 7) is 1.72. The fraction of sp³-hybridized carbons (Fsp3) is 0.125. The summed E-state index contributed by atoms with van der Waals surface area (Å²) in [5, 5.41) is 2.77. The lowest BCUT2D eigenvalue weighted by atomic mass is 10.3. The topological polar surface area (TPSA) is 64.4 Å². The van der Waals surface area contributed by atoms with E-state index in [4.69, 9.17) is 9.15 Å². The summed E-state index contributed by atoms with van der Waals surface area (Å²) in [5.41, 5.74) is 2.06. The third kappa shape index (κ3) is 3.46. The van der Waals surface area contributed by atoms with Crippen LogP contribution in [0.5, 0.6) is 5.75 Å². The van der Waals surface area contributed by atoms with Crippen molar-refractivity contribution in [1.82, 2.24) is 4.98 Å². The third-order valence-corrected chi connectivity index (χ3v) is 3.44. The normalized spacial score (nSPS) is 10.6. The molecule has 0 unspecified atom stereocenters. The highest BCUT2D eigenvalue weighted by Crippen LogP contribution is 2.20. The molecule has 1 amide bonds. The van der Waals surface area contributed by atoms with Crippen molar-refractivity contribution in [2.24, 2.45) is 0 Å². The van der Waals surface area contributed by atoms with Gasteiger partial charge in [-0.25, -0.2) is 4.98 Å². The molecule has 112 valence electrons. The quantitative estimate of drug-likeness (QED) is 0.765. The molecular weight excluding hydrogens is 348 g/mol. The summed E-state index contributed by atoms with van der Waals surface area (Å²) in [6, 6.07) is 12.6. The van der Waals surface area contributed by atoms with Crippen LogP contribution in [0.2, 0.25) is 0 Å². The van der Waals surface area contributed by atoms with Crippen LogP contribution in [0.1, 0.15) is 5.89 Å². The zero-order valence-corrected chi connectivity index (χ0v) is 13.4. The fourth-order valence-corrected chi connectivity index (χ4v) is 2.40. The summed E-state index contributed by atoms with van der Waals surface area (Å²) in [6.07, 6.45) is 0. The zero-order chi connectivity index (χ0) is 15.5. The number of ether oxygens (including phenoxy) is 1. The van der Waals surface area contributed by atoms with Crippen molar-refractivity contribution in [2.45, 2.75) is 6.92 Å². The van der Waals surface area contributed by atoms with Crippen LogP contribution in [-0.4, -0.2) is 17.5 Å². The predicted octanol–water partition coefficient (Wildman–Crippen LogP) is 3.92. The number of benzene rings is 2. The predicted molar refractivity (Wildman–Crippen MR) is 87.0 cm³/mol. The minimum Gasteiger partial charge on any atom is -0.484 e. The Balaban J connectivity index is 1.62. The molecular formula is C16H13BrN2O3. The van der Waals surface area contributed by atoms with Gasteiger partial charge in [-0.2, -0.15) is 0 Å². The third-order valence-electron chi connectivity index (χ3n) is 2.94. The molecule has 0 saturated heterocycles. The first-order valence-corrected chi connectivity index (χ1v) is 7.45. The maximum Gasteiger partial charge on any atom is 0.262 e. The highest BCUT2D eigenvalue weighted by atomic mass is 79.9. The molecule has 5 nitrogen and oxygen atoms in total. The molecule has 22 heavy (non-hydrogen) atoms. The number of hydrogen-bond donors (Lipinski definition) is 1. The van der Waals surface area contributed by atoms with Crippen LogP contribution in [0.4, 0.5) is 5.69 Å². The van der Waals surface area contributed by atoms with Crippen LogP contribution in [0.15, 0.2) is 51.4 Å². The molecule has 1 aromatic heterocycles. The number of carbonyl (C=O) groups is 1. The minimum atomic E-state index is -0.237. The van der Waals surface area contributed by atoms with E-state index in [-0.39, 0.29) is 12.5 Å². The van der Waals surface area contributed by atoms with Crippen LogP contribution < -0.4 is 10.1 Å². The van der Waals surface area contributed by atoms with Gasteiger partial charge in [-0.3, -0.25) is 4.79 Å². The maximum atomic E-state index is 11.9. The van der Waals surface area contributed by atoms with Gasteiger partial charge in [0.05, 0.1) is 0 Å². The second-order valence-corrected chi connectivity index (χ2v) is 5.63. The van der Waals surface area contributed by atoms with Gasteiger partial charge in [-0.15, -0.1) is 0 Å². The number of anilines is 1. The summed E-state index contributed by atoms with van der Waals surface area (Å²) < 4.78 is 11.7. The molecule has 0 spiro atoms. The molecule has 6 heteroatoms. The molecule has 1 heterocycles. The van der Waals surface area contributed by atoms with Gasteiger partial charge in [0.2, 0.25) is 0 Å². The molecule has 0 fully saturated rings. The highest BCUT2D eigenvalue weighted by Gasteiger charge is 2.07. The Bertz CT molecular complexity index is 829. The molecule has 0 aliphatic rings. The van der Waals surface area contributed by atoms with Crippen LogP contribution in [0.25, 0.3) is 11.1 Å². The maximum absolute atomic E-state index is 11.9. The smallest absolute Gasteiger partial charge is 0.262 e. The van der Waals surface area contributed by atoms with E-state index in [0.29, 0.717) is 28.4 Å². The molecule has 0 radical (unpaired) electrons. The summed E-state index contributed by atoms with van der Waals surface area (Å²) in [4.78, 5) is 16.2. The Hall–Kier alpha value is -2.34. The van der Waals surface area contributed by atoms with Gasteiger partial charge < -0.3 is 14.5 Å². The number of aryl methyl sites for hydroxylation is 1. The van der Waals surface area contributed by atoms with Crippen molar-refractivity contribution in [1.29, 1.82) is 0 Å². The number of oxazole rings is 1. The second kappa shape index (κ2) is 6.19. The van der Waals surface area contributed by atoms with Gasteiger partial charge in [0, 0.05) is 17.1 Å². The lowest BCUT2D eigenvalue weighted by Crippen LogP contribution is -2.20. The van der Waals surface area contributed by atoms with Gasteiger partial charge in [0.1, 0.15) is 11.3 Å². The fourth-order valence-electron chi connectivity index (χ4n) is 2.02. The number of amides is 1. The monoisotopic (exact) mass is 360 g/mol. The van der Waals surface area contributed by atoms with Crippen LogP contribution >= 0.6 is 15.9 Å². The number of halogens is 1. The van der Waals surface area contributed by atoms with Crippen molar-refractivity contribution in [2.75, 3.05) is 11.9 Å². The summed E-state index contributed by atoms with van der Waals surface area (Å²) in [5.74, 6) is 0.989. The number of nitrogens with zero attached hydrogens (tertiary/aromatic N) is 1. The van der Waals surface area contributed by atoms with E-state index in [2.05, 4.69) is 26.2 Å². The SMILES string of the molecule is Cc1nc2cc(NC(=O)COc3cccc(Br)c3)ccc2o1. The number of aromatic nitrogens is 1. The Morgan fingerprint density at radius 3 is 3.00 bits per heavy atom. The van der Waals surface area contributed by atoms with Gasteiger partial charge in [-0.1, -0.05) is 22.0 Å². The molecule has 1 N–H and O–H groups in total. The Morgan fingerprint density at radius 1 is 1.32 bits per heavy atom. The first-order valence-electron chi connectivity index (χ1n) is 6.65. The van der Waals surface area contributed by atoms with Crippen LogP contribution in [-0.2, 0) is 4.79 Å². The molecule has 3 rings (SSSR count). The Kier molecular flexibility index (Phi) is 4.11. The van der Waals surface area contributed by atoms with Crippen LogP contribution in [0, 0.1) is 6.92 Å². The van der Waals surface area contributed by atoms with Crippen molar-refractivity contribution in [3.63, 3.8) is 0 Å². The standard InChI is InChI=1S/C16H13BrN2O3/c1-10-18-14-8-12(5-6-15(14)22-10)19-16(20)9-21-13-4-2-3-11(17)7-13/h2-8H,9H2,1H3,(H,19,20). The molecule has 0 bridgehead atoms. The van der Waals surface area contributed by atoms with E-state index >= 15 is 0 Å². The van der Waals surface area contributed by atoms with Gasteiger partial charge >= 0.3 is 0 Å². The number of hydrogen-bond acceptors (Lipinski definition) is 4. The molecule has 0 aliphatic carbocycles. The molecule has 3 aromatic rings. The van der Waals surface area contributed by atoms with E-state index in [1.807, 2.05) is 12.1 Å². The van der Waals surface area contributed by atoms with E-state index in [9.17, 15) is 4.79 Å². The Labute approximate surface area is 135 Å². The average Bonchev–Trinajstić information content (AvgIpc) is 2.84. The van der Waals surface area contributed by atoms with Gasteiger partial charge in [0.15, 0.2) is 18.1 Å². The average molecular weight is 361 g/mol. The largest absolute Gasteiger partial charge is 0.484 e. The zero-order valence-electron chi connectivity index (χ0n) is 11.8. The molecule has 2 aromatic carbocycles. The van der Waals surface area contributed by atoms with Crippen molar-refractivity contribution < 1.29 is 13.9 Å². The van der Waals surface area contributed by atoms with Gasteiger partial charge in [-0.05, 0) is 36.4 Å². The lowest BCUT2D eigenvalue weighted by molar-refractivity contribution is -0.118. The van der Waals surface area contributed by atoms with Gasteiger partial charge in [0.25, 0.3) is 5.91 Å². The number of nitrogens with one attached hydrogen (secondary N) is 1. The van der Waals surface area contributed by atoms with Crippen molar-refractivity contribution in [3.05, 3.63) is 52.8 Å². The van der Waals surface area contributed by atoms with Crippen LogP contribution in [0.3, 0.4) is 0 Å². The second-order valence-electron chi connectivity index (χ2n) is 4.71. The molecule has 0 atom stereocenters. The number of carbonyl (C=O) groups excluding carboxylic acids is 1. The van der Waals surface area contributed by atoms with E-state index in [0.717, 1.165) is 4.47 Å². The number of rotatable bonds is 4. The molecule has 0 saturated carbocycles. The number of fused-ring (bicyclic) bond motifs is 1. The van der Waals surface area contributed by atoms with E-state index < -0.39 is 0 Å². The summed E-state index contributed by atoms with van der Waals surface area (Å²) >= 11 is 3.35. The van der Waals surface area contributed by atoms with Crippen molar-refractivity contribution >= 4 is 38.6 Å². The highest BCUT2D eigenvalue weighted by molar-refractivity contribution is 9.10.